The molecule has 0 aliphatic carbocycles. The molecule has 0 saturated carbocycles. The van der Waals surface area contributed by atoms with Gasteiger partial charge in [-0.1, -0.05) is 37.3 Å². The number of carbonyl (C=O) groups is 1. The maximum Gasteiger partial charge on any atom is 0.340 e. The molecule has 0 saturated heterocycles. The first-order chi connectivity index (χ1) is 13.1. The Morgan fingerprint density at radius 2 is 2.07 bits per heavy atom. The zero-order valence-corrected chi connectivity index (χ0v) is 15.6. The highest BCUT2D eigenvalue weighted by atomic mass is 16.6. The van der Waals surface area contributed by atoms with Crippen LogP contribution in [0.1, 0.15) is 36.7 Å². The molecule has 6 heteroatoms. The van der Waals surface area contributed by atoms with Gasteiger partial charge in [0.05, 0.1) is 13.2 Å². The smallest absolute Gasteiger partial charge is 0.340 e. The minimum atomic E-state index is -1.34. The number of rotatable bonds is 7. The Morgan fingerprint density at radius 1 is 1.30 bits per heavy atom. The van der Waals surface area contributed by atoms with Gasteiger partial charge in [0, 0.05) is 5.56 Å². The SMILES string of the molecule is CCCNC1COc2ccc(OC)cc2C1OC(=O)C(O)c1ccccc1. The molecular formula is C21H25NO5. The molecule has 3 rings (SSSR count). The highest BCUT2D eigenvalue weighted by Gasteiger charge is 2.35. The first kappa shape index (κ1) is 19.2. The third-order valence-electron chi connectivity index (χ3n) is 4.55. The van der Waals surface area contributed by atoms with E-state index in [0.717, 1.165) is 18.5 Å². The molecule has 0 bridgehead atoms. The fourth-order valence-corrected chi connectivity index (χ4v) is 3.09. The molecule has 0 spiro atoms. The van der Waals surface area contributed by atoms with Crippen molar-refractivity contribution in [3.63, 3.8) is 0 Å². The van der Waals surface area contributed by atoms with E-state index in [4.69, 9.17) is 14.2 Å². The average Bonchev–Trinajstić information content (AvgIpc) is 2.72. The number of esters is 1. The number of nitrogens with one attached hydrogen (secondary N) is 1. The van der Waals surface area contributed by atoms with Gasteiger partial charge in [0.2, 0.25) is 0 Å². The highest BCUT2D eigenvalue weighted by molar-refractivity contribution is 5.76. The summed E-state index contributed by atoms with van der Waals surface area (Å²) in [6.07, 6.45) is -0.981. The number of hydrogen-bond acceptors (Lipinski definition) is 6. The molecule has 3 atom stereocenters. The summed E-state index contributed by atoms with van der Waals surface area (Å²) in [5, 5.41) is 13.7. The molecule has 1 heterocycles. The average molecular weight is 371 g/mol. The minimum Gasteiger partial charge on any atom is -0.497 e. The van der Waals surface area contributed by atoms with E-state index < -0.39 is 18.2 Å². The van der Waals surface area contributed by atoms with Crippen LogP contribution >= 0.6 is 0 Å². The van der Waals surface area contributed by atoms with Gasteiger partial charge < -0.3 is 24.6 Å². The van der Waals surface area contributed by atoms with Gasteiger partial charge in [0.1, 0.15) is 24.2 Å². The minimum absolute atomic E-state index is 0.212. The number of aliphatic hydroxyl groups is 1. The number of benzene rings is 2. The first-order valence-corrected chi connectivity index (χ1v) is 9.11. The van der Waals surface area contributed by atoms with E-state index in [0.29, 0.717) is 23.7 Å². The van der Waals surface area contributed by atoms with Crippen LogP contribution in [0.15, 0.2) is 48.5 Å². The molecule has 0 fully saturated rings. The Bertz CT molecular complexity index is 764. The maximum absolute atomic E-state index is 12.6. The quantitative estimate of drug-likeness (QED) is 0.729. The van der Waals surface area contributed by atoms with Crippen molar-refractivity contribution >= 4 is 5.97 Å². The summed E-state index contributed by atoms with van der Waals surface area (Å²) in [5.74, 6) is 0.612. The maximum atomic E-state index is 12.6. The van der Waals surface area contributed by atoms with E-state index in [1.807, 2.05) is 12.1 Å². The lowest BCUT2D eigenvalue weighted by Gasteiger charge is -2.34. The van der Waals surface area contributed by atoms with Crippen molar-refractivity contribution < 1.29 is 24.1 Å². The van der Waals surface area contributed by atoms with Crippen molar-refractivity contribution in [2.45, 2.75) is 31.6 Å². The Hall–Kier alpha value is -2.57. The van der Waals surface area contributed by atoms with Crippen molar-refractivity contribution in [2.24, 2.45) is 0 Å². The molecule has 2 aromatic rings. The summed E-state index contributed by atoms with van der Waals surface area (Å²) in [5.41, 5.74) is 1.22. The van der Waals surface area contributed by atoms with Crippen LogP contribution in [0.3, 0.4) is 0 Å². The van der Waals surface area contributed by atoms with Crippen LogP contribution in [0.4, 0.5) is 0 Å². The van der Waals surface area contributed by atoms with Gasteiger partial charge in [-0.15, -0.1) is 0 Å². The van der Waals surface area contributed by atoms with Gasteiger partial charge in [-0.25, -0.2) is 4.79 Å². The third kappa shape index (κ3) is 4.40. The zero-order chi connectivity index (χ0) is 19.2. The Kier molecular flexibility index (Phi) is 6.32. The van der Waals surface area contributed by atoms with E-state index >= 15 is 0 Å². The fourth-order valence-electron chi connectivity index (χ4n) is 3.09. The van der Waals surface area contributed by atoms with Crippen molar-refractivity contribution in [3.05, 3.63) is 59.7 Å². The van der Waals surface area contributed by atoms with E-state index in [1.54, 1.807) is 43.5 Å². The topological polar surface area (TPSA) is 77.0 Å². The monoisotopic (exact) mass is 371 g/mol. The van der Waals surface area contributed by atoms with Crippen molar-refractivity contribution in [1.82, 2.24) is 5.32 Å². The number of carbonyl (C=O) groups excluding carboxylic acids is 1. The standard InChI is InChI=1S/C21H25NO5/c1-3-11-22-17-13-26-18-10-9-15(25-2)12-16(18)20(17)27-21(24)19(23)14-7-5-4-6-8-14/h4-10,12,17,19-20,22-23H,3,11,13H2,1-2H3. The molecule has 2 aromatic carbocycles. The summed E-state index contributed by atoms with van der Waals surface area (Å²) in [7, 11) is 1.58. The van der Waals surface area contributed by atoms with Crippen LogP contribution < -0.4 is 14.8 Å². The van der Waals surface area contributed by atoms with Gasteiger partial charge in [-0.05, 0) is 36.7 Å². The highest BCUT2D eigenvalue weighted by Crippen LogP contribution is 2.38. The summed E-state index contributed by atoms with van der Waals surface area (Å²) in [4.78, 5) is 12.6. The molecule has 0 radical (unpaired) electrons. The summed E-state index contributed by atoms with van der Waals surface area (Å²) >= 11 is 0. The van der Waals surface area contributed by atoms with E-state index in [1.165, 1.54) is 0 Å². The molecule has 0 aromatic heterocycles. The summed E-state index contributed by atoms with van der Waals surface area (Å²) in [6.45, 7) is 3.20. The molecule has 6 nitrogen and oxygen atoms in total. The molecule has 1 aliphatic rings. The summed E-state index contributed by atoms with van der Waals surface area (Å²) in [6, 6.07) is 14.0. The number of fused-ring (bicyclic) bond motifs is 1. The fraction of sp³-hybridized carbons (Fsp3) is 0.381. The molecule has 144 valence electrons. The first-order valence-electron chi connectivity index (χ1n) is 9.11. The number of methoxy groups -OCH3 is 1. The number of aliphatic hydroxyl groups excluding tert-OH is 1. The summed E-state index contributed by atoms with van der Waals surface area (Å²) < 4.78 is 16.9. The molecular weight excluding hydrogens is 346 g/mol. The van der Waals surface area contributed by atoms with Gasteiger partial charge in [-0.3, -0.25) is 0 Å². The molecule has 0 amide bonds. The lowest BCUT2D eigenvalue weighted by atomic mass is 9.98. The molecule has 2 N–H and O–H groups in total. The van der Waals surface area contributed by atoms with Gasteiger partial charge >= 0.3 is 5.97 Å². The van der Waals surface area contributed by atoms with Gasteiger partial charge in [0.15, 0.2) is 6.10 Å². The molecule has 1 aliphatic heterocycles. The van der Waals surface area contributed by atoms with E-state index in [9.17, 15) is 9.90 Å². The van der Waals surface area contributed by atoms with Crippen LogP contribution in [0.2, 0.25) is 0 Å². The predicted octanol–water partition coefficient (Wildman–Crippen LogP) is 2.77. The molecule has 3 unspecified atom stereocenters. The van der Waals surface area contributed by atoms with Crippen LogP contribution in [0.5, 0.6) is 11.5 Å². The van der Waals surface area contributed by atoms with E-state index in [2.05, 4.69) is 12.2 Å². The number of ether oxygens (including phenoxy) is 3. The predicted molar refractivity (Wildman–Crippen MR) is 101 cm³/mol. The second kappa shape index (κ2) is 8.88. The van der Waals surface area contributed by atoms with Gasteiger partial charge in [0.25, 0.3) is 0 Å². The number of hydrogen-bond donors (Lipinski definition) is 2. The van der Waals surface area contributed by atoms with Crippen LogP contribution in [0.25, 0.3) is 0 Å². The van der Waals surface area contributed by atoms with Crippen molar-refractivity contribution in [2.75, 3.05) is 20.3 Å². The Morgan fingerprint density at radius 3 is 2.78 bits per heavy atom. The van der Waals surface area contributed by atoms with Gasteiger partial charge in [-0.2, -0.15) is 0 Å². The van der Waals surface area contributed by atoms with Crippen molar-refractivity contribution in [3.8, 4) is 11.5 Å². The molecule has 27 heavy (non-hydrogen) atoms. The van der Waals surface area contributed by atoms with Crippen LogP contribution in [0, 0.1) is 0 Å². The largest absolute Gasteiger partial charge is 0.497 e. The normalized spacial score (nSPS) is 19.5. The Balaban J connectivity index is 1.85. The zero-order valence-electron chi connectivity index (χ0n) is 15.6. The third-order valence-corrected chi connectivity index (χ3v) is 4.55. The second-order valence-electron chi connectivity index (χ2n) is 6.45. The van der Waals surface area contributed by atoms with Crippen LogP contribution in [-0.4, -0.2) is 37.4 Å². The Labute approximate surface area is 159 Å². The lowest BCUT2D eigenvalue weighted by molar-refractivity contribution is -0.163. The lowest BCUT2D eigenvalue weighted by Crippen LogP contribution is -2.45. The van der Waals surface area contributed by atoms with Crippen LogP contribution in [-0.2, 0) is 9.53 Å². The van der Waals surface area contributed by atoms with Crippen molar-refractivity contribution in [1.29, 1.82) is 0 Å². The van der Waals surface area contributed by atoms with E-state index in [-0.39, 0.29) is 6.04 Å². The second-order valence-corrected chi connectivity index (χ2v) is 6.45.